The molecule has 12 heavy (non-hydrogen) atoms. The predicted molar refractivity (Wildman–Crippen MR) is 49.0 cm³/mol. The van der Waals surface area contributed by atoms with Crippen LogP contribution in [0.25, 0.3) is 0 Å². The fraction of sp³-hybridized carbons (Fsp3) is 0.889. The molecule has 0 aromatic carbocycles. The van der Waals surface area contributed by atoms with E-state index in [0.29, 0.717) is 6.42 Å². The molecule has 0 heterocycles. The molecule has 0 fully saturated rings. The van der Waals surface area contributed by atoms with Gasteiger partial charge in [-0.15, -0.1) is 0 Å². The number of hydrogen-bond acceptors (Lipinski definition) is 3. The minimum absolute atomic E-state index is 0.134. The van der Waals surface area contributed by atoms with Gasteiger partial charge in [-0.3, -0.25) is 4.79 Å². The molecule has 0 aromatic heterocycles. The summed E-state index contributed by atoms with van der Waals surface area (Å²) in [6.07, 6.45) is 1.34. The zero-order chi connectivity index (χ0) is 9.61. The van der Waals surface area contributed by atoms with Gasteiger partial charge >= 0.3 is 5.97 Å². The first-order valence-electron chi connectivity index (χ1n) is 4.27. The van der Waals surface area contributed by atoms with Crippen molar-refractivity contribution in [3.63, 3.8) is 0 Å². The largest absolute Gasteiger partial charge is 0.469 e. The Balaban J connectivity index is 3.28. The highest BCUT2D eigenvalue weighted by Gasteiger charge is 2.08. The molecule has 3 heteroatoms. The standard InChI is InChI=1S/C9H19NO2/c1-9(2,3)10-7-5-6-8(11)12-4/h10H,5-7H2,1-4H3. The summed E-state index contributed by atoms with van der Waals surface area (Å²) < 4.78 is 4.52. The number of carbonyl (C=O) groups excluding carboxylic acids is 1. The van der Waals surface area contributed by atoms with Crippen LogP contribution in [0.15, 0.2) is 0 Å². The van der Waals surface area contributed by atoms with Gasteiger partial charge in [0.25, 0.3) is 0 Å². The van der Waals surface area contributed by atoms with Gasteiger partial charge in [0.2, 0.25) is 0 Å². The monoisotopic (exact) mass is 173 g/mol. The van der Waals surface area contributed by atoms with Gasteiger partial charge in [-0.2, -0.15) is 0 Å². The number of rotatable bonds is 4. The van der Waals surface area contributed by atoms with Crippen molar-refractivity contribution >= 4 is 5.97 Å². The lowest BCUT2D eigenvalue weighted by Gasteiger charge is -2.20. The van der Waals surface area contributed by atoms with E-state index in [1.807, 2.05) is 0 Å². The van der Waals surface area contributed by atoms with Gasteiger partial charge in [0, 0.05) is 12.0 Å². The summed E-state index contributed by atoms with van der Waals surface area (Å²) in [6, 6.07) is 0. The van der Waals surface area contributed by atoms with Crippen LogP contribution in [0.2, 0.25) is 0 Å². The number of nitrogens with one attached hydrogen (secondary N) is 1. The van der Waals surface area contributed by atoms with E-state index in [0.717, 1.165) is 13.0 Å². The van der Waals surface area contributed by atoms with Crippen molar-refractivity contribution in [3.05, 3.63) is 0 Å². The lowest BCUT2D eigenvalue weighted by Crippen LogP contribution is -2.36. The van der Waals surface area contributed by atoms with Crippen LogP contribution in [-0.4, -0.2) is 25.2 Å². The van der Waals surface area contributed by atoms with E-state index in [9.17, 15) is 4.79 Å². The Labute approximate surface area is 74.5 Å². The first kappa shape index (κ1) is 11.4. The van der Waals surface area contributed by atoms with Crippen LogP contribution in [-0.2, 0) is 9.53 Å². The van der Waals surface area contributed by atoms with Gasteiger partial charge in [0.05, 0.1) is 7.11 Å². The van der Waals surface area contributed by atoms with Crippen molar-refractivity contribution in [1.82, 2.24) is 5.32 Å². The van der Waals surface area contributed by atoms with Crippen LogP contribution in [0.3, 0.4) is 0 Å². The van der Waals surface area contributed by atoms with Gasteiger partial charge in [0.15, 0.2) is 0 Å². The lowest BCUT2D eigenvalue weighted by molar-refractivity contribution is -0.140. The van der Waals surface area contributed by atoms with Crippen LogP contribution in [0.1, 0.15) is 33.6 Å². The van der Waals surface area contributed by atoms with Crippen molar-refractivity contribution in [1.29, 1.82) is 0 Å². The molecule has 3 nitrogen and oxygen atoms in total. The van der Waals surface area contributed by atoms with Gasteiger partial charge in [-0.25, -0.2) is 0 Å². The van der Waals surface area contributed by atoms with Gasteiger partial charge in [0.1, 0.15) is 0 Å². The normalized spacial score (nSPS) is 11.3. The summed E-state index contributed by atoms with van der Waals surface area (Å²) in [5.74, 6) is -0.134. The molecule has 0 saturated heterocycles. The Kier molecular flexibility index (Phi) is 4.90. The smallest absolute Gasteiger partial charge is 0.305 e. The Hall–Kier alpha value is -0.570. The first-order chi connectivity index (χ1) is 5.45. The summed E-state index contributed by atoms with van der Waals surface area (Å²) >= 11 is 0. The fourth-order valence-corrected chi connectivity index (χ4v) is 0.798. The van der Waals surface area contributed by atoms with Gasteiger partial charge in [-0.05, 0) is 33.7 Å². The average molecular weight is 173 g/mol. The van der Waals surface area contributed by atoms with Crippen LogP contribution in [0.4, 0.5) is 0 Å². The third-order valence-electron chi connectivity index (χ3n) is 1.44. The molecule has 0 bridgehead atoms. The van der Waals surface area contributed by atoms with Crippen molar-refractivity contribution < 1.29 is 9.53 Å². The zero-order valence-corrected chi connectivity index (χ0v) is 8.44. The van der Waals surface area contributed by atoms with Crippen molar-refractivity contribution in [3.8, 4) is 0 Å². The van der Waals surface area contributed by atoms with E-state index < -0.39 is 0 Å². The average Bonchev–Trinajstić information content (AvgIpc) is 1.96. The maximum atomic E-state index is 10.7. The molecule has 0 aliphatic heterocycles. The van der Waals surface area contributed by atoms with Crippen LogP contribution in [0, 0.1) is 0 Å². The van der Waals surface area contributed by atoms with Gasteiger partial charge in [-0.1, -0.05) is 0 Å². The molecule has 0 amide bonds. The second kappa shape index (κ2) is 5.14. The number of carbonyl (C=O) groups is 1. The minimum atomic E-state index is -0.134. The van der Waals surface area contributed by atoms with Crippen molar-refractivity contribution in [2.24, 2.45) is 0 Å². The Bertz CT molecular complexity index is 138. The van der Waals surface area contributed by atoms with Crippen LogP contribution >= 0.6 is 0 Å². The number of ether oxygens (including phenoxy) is 1. The molecule has 0 rings (SSSR count). The van der Waals surface area contributed by atoms with E-state index in [4.69, 9.17) is 0 Å². The lowest BCUT2D eigenvalue weighted by atomic mass is 10.1. The second-order valence-corrected chi connectivity index (χ2v) is 3.86. The molecule has 0 aliphatic carbocycles. The SMILES string of the molecule is COC(=O)CCCNC(C)(C)C. The molecule has 0 atom stereocenters. The second-order valence-electron chi connectivity index (χ2n) is 3.86. The maximum absolute atomic E-state index is 10.7. The van der Waals surface area contributed by atoms with Crippen molar-refractivity contribution in [2.75, 3.05) is 13.7 Å². The van der Waals surface area contributed by atoms with E-state index in [1.54, 1.807) is 0 Å². The molecular formula is C9H19NO2. The van der Waals surface area contributed by atoms with E-state index in [1.165, 1.54) is 7.11 Å². The Morgan fingerprint density at radius 1 is 1.42 bits per heavy atom. The highest BCUT2D eigenvalue weighted by atomic mass is 16.5. The molecule has 0 saturated carbocycles. The summed E-state index contributed by atoms with van der Waals surface area (Å²) in [5.41, 5.74) is 0.135. The number of hydrogen-bond donors (Lipinski definition) is 1. The van der Waals surface area contributed by atoms with E-state index in [2.05, 4.69) is 30.8 Å². The first-order valence-corrected chi connectivity index (χ1v) is 4.27. The topological polar surface area (TPSA) is 38.3 Å². The number of esters is 1. The van der Waals surface area contributed by atoms with Crippen molar-refractivity contribution in [2.45, 2.75) is 39.2 Å². The molecule has 1 N–H and O–H groups in total. The summed E-state index contributed by atoms with van der Waals surface area (Å²) in [5, 5.41) is 3.29. The third-order valence-corrected chi connectivity index (χ3v) is 1.44. The summed E-state index contributed by atoms with van der Waals surface area (Å²) in [4.78, 5) is 10.7. The highest BCUT2D eigenvalue weighted by molar-refractivity contribution is 5.69. The third kappa shape index (κ3) is 7.54. The van der Waals surface area contributed by atoms with E-state index in [-0.39, 0.29) is 11.5 Å². The minimum Gasteiger partial charge on any atom is -0.469 e. The predicted octanol–water partition coefficient (Wildman–Crippen LogP) is 1.33. The molecule has 0 radical (unpaired) electrons. The molecule has 0 aliphatic rings. The number of methoxy groups -OCH3 is 1. The van der Waals surface area contributed by atoms with Crippen LogP contribution in [0.5, 0.6) is 0 Å². The molecule has 0 spiro atoms. The molecular weight excluding hydrogens is 154 g/mol. The summed E-state index contributed by atoms with van der Waals surface area (Å²) in [6.45, 7) is 7.17. The fourth-order valence-electron chi connectivity index (χ4n) is 0.798. The van der Waals surface area contributed by atoms with Gasteiger partial charge < -0.3 is 10.1 Å². The van der Waals surface area contributed by atoms with Crippen LogP contribution < -0.4 is 5.32 Å². The quantitative estimate of drug-likeness (QED) is 0.515. The molecule has 72 valence electrons. The Morgan fingerprint density at radius 3 is 2.42 bits per heavy atom. The maximum Gasteiger partial charge on any atom is 0.305 e. The highest BCUT2D eigenvalue weighted by Crippen LogP contribution is 1.99. The zero-order valence-electron chi connectivity index (χ0n) is 8.44. The summed E-state index contributed by atoms with van der Waals surface area (Å²) in [7, 11) is 1.42. The molecule has 0 unspecified atom stereocenters. The Morgan fingerprint density at radius 2 is 2.00 bits per heavy atom. The van der Waals surface area contributed by atoms with E-state index >= 15 is 0 Å². The molecule has 0 aromatic rings.